The molecule has 0 radical (unpaired) electrons. The minimum Gasteiger partial charge on any atom is -0.324 e. The van der Waals surface area contributed by atoms with E-state index >= 15 is 0 Å². The minimum absolute atomic E-state index is 0.0657. The van der Waals surface area contributed by atoms with Crippen molar-refractivity contribution in [2.45, 2.75) is 18.9 Å². The normalized spacial score (nSPS) is 21.1. The molecule has 0 saturated carbocycles. The molecule has 0 heterocycles. The highest BCUT2D eigenvalue weighted by Crippen LogP contribution is 2.30. The van der Waals surface area contributed by atoms with Gasteiger partial charge in [-0.2, -0.15) is 0 Å². The van der Waals surface area contributed by atoms with Gasteiger partial charge in [0.2, 0.25) is 0 Å². The van der Waals surface area contributed by atoms with E-state index in [1.54, 1.807) is 6.08 Å². The van der Waals surface area contributed by atoms with Gasteiger partial charge in [0.05, 0.1) is 0 Å². The van der Waals surface area contributed by atoms with Gasteiger partial charge in [0.25, 0.3) is 0 Å². The molecule has 0 fully saturated rings. The number of nitrogens with two attached hydrogens (primary N) is 1. The molecule has 1 atom stereocenters. The Balaban J connectivity index is 2.46. The van der Waals surface area contributed by atoms with Gasteiger partial charge in [-0.3, -0.25) is 0 Å². The van der Waals surface area contributed by atoms with Gasteiger partial charge in [0, 0.05) is 11.6 Å². The van der Waals surface area contributed by atoms with E-state index < -0.39 is 11.6 Å². The molecule has 1 aliphatic carbocycles. The monoisotopic (exact) mass is 195 g/mol. The average Bonchev–Trinajstić information content (AvgIpc) is 2.51. The molecular weight excluding hydrogens is 184 g/mol. The topological polar surface area (TPSA) is 26.0 Å². The van der Waals surface area contributed by atoms with Gasteiger partial charge in [-0.25, -0.2) is 8.78 Å². The molecule has 0 aromatic heterocycles. The van der Waals surface area contributed by atoms with Crippen molar-refractivity contribution in [2.24, 2.45) is 5.73 Å². The summed E-state index contributed by atoms with van der Waals surface area (Å²) in [6.07, 6.45) is 3.16. The van der Waals surface area contributed by atoms with E-state index in [9.17, 15) is 8.78 Å². The molecule has 1 aromatic rings. The van der Waals surface area contributed by atoms with Crippen LogP contribution in [0.1, 0.15) is 18.4 Å². The summed E-state index contributed by atoms with van der Waals surface area (Å²) in [6, 6.07) is 3.83. The van der Waals surface area contributed by atoms with Crippen molar-refractivity contribution in [3.05, 3.63) is 41.5 Å². The summed E-state index contributed by atoms with van der Waals surface area (Å²) in [4.78, 5) is 0. The van der Waals surface area contributed by atoms with Crippen molar-refractivity contribution in [1.29, 1.82) is 0 Å². The van der Waals surface area contributed by atoms with Crippen LogP contribution in [0, 0.1) is 11.6 Å². The molecule has 1 nitrogen and oxygen atoms in total. The number of allylic oxidation sites excluding steroid dienone is 1. The molecule has 14 heavy (non-hydrogen) atoms. The van der Waals surface area contributed by atoms with Crippen molar-refractivity contribution < 1.29 is 8.78 Å². The molecular formula is C11H11F2N. The Hall–Kier alpha value is -1.22. The first-order valence-corrected chi connectivity index (χ1v) is 4.59. The predicted octanol–water partition coefficient (Wildman–Crippen LogP) is 2.47. The van der Waals surface area contributed by atoms with E-state index in [1.165, 1.54) is 18.2 Å². The zero-order valence-electron chi connectivity index (χ0n) is 7.63. The third-order valence-electron chi connectivity index (χ3n) is 2.45. The van der Waals surface area contributed by atoms with E-state index in [4.69, 9.17) is 5.73 Å². The molecule has 0 amide bonds. The van der Waals surface area contributed by atoms with Crippen LogP contribution in [-0.4, -0.2) is 6.04 Å². The fraction of sp³-hybridized carbons (Fsp3) is 0.273. The van der Waals surface area contributed by atoms with Crippen molar-refractivity contribution in [3.63, 3.8) is 0 Å². The third-order valence-corrected chi connectivity index (χ3v) is 2.45. The zero-order chi connectivity index (χ0) is 10.1. The largest absolute Gasteiger partial charge is 0.324 e. The number of hydrogen-bond donors (Lipinski definition) is 1. The SMILES string of the molecule is NC1C=C(c2c(F)cccc2F)CC1. The lowest BCUT2D eigenvalue weighted by Gasteiger charge is -2.04. The van der Waals surface area contributed by atoms with Crippen LogP contribution in [0.3, 0.4) is 0 Å². The Kier molecular flexibility index (Phi) is 2.33. The first kappa shape index (κ1) is 9.34. The average molecular weight is 195 g/mol. The van der Waals surface area contributed by atoms with E-state index in [2.05, 4.69) is 0 Å². The van der Waals surface area contributed by atoms with Crippen LogP contribution in [0.15, 0.2) is 24.3 Å². The summed E-state index contributed by atoms with van der Waals surface area (Å²) in [5, 5.41) is 0. The summed E-state index contributed by atoms with van der Waals surface area (Å²) in [5.41, 5.74) is 6.41. The van der Waals surface area contributed by atoms with Crippen molar-refractivity contribution in [2.75, 3.05) is 0 Å². The highest BCUT2D eigenvalue weighted by Gasteiger charge is 2.19. The Morgan fingerprint density at radius 3 is 2.36 bits per heavy atom. The van der Waals surface area contributed by atoms with Crippen LogP contribution >= 0.6 is 0 Å². The highest BCUT2D eigenvalue weighted by molar-refractivity contribution is 5.69. The first-order valence-electron chi connectivity index (χ1n) is 4.59. The second kappa shape index (κ2) is 3.50. The van der Waals surface area contributed by atoms with Gasteiger partial charge in [0.15, 0.2) is 0 Å². The van der Waals surface area contributed by atoms with Gasteiger partial charge in [-0.15, -0.1) is 0 Å². The summed E-state index contributed by atoms with van der Waals surface area (Å²) < 4.78 is 26.6. The van der Waals surface area contributed by atoms with Gasteiger partial charge in [0.1, 0.15) is 11.6 Å². The van der Waals surface area contributed by atoms with E-state index in [0.29, 0.717) is 12.0 Å². The summed E-state index contributed by atoms with van der Waals surface area (Å²) in [5.74, 6) is -1.02. The molecule has 2 rings (SSSR count). The molecule has 0 bridgehead atoms. The van der Waals surface area contributed by atoms with Crippen LogP contribution in [0.2, 0.25) is 0 Å². The molecule has 0 saturated heterocycles. The molecule has 1 unspecified atom stereocenters. The van der Waals surface area contributed by atoms with E-state index in [0.717, 1.165) is 6.42 Å². The predicted molar refractivity (Wildman–Crippen MR) is 51.5 cm³/mol. The van der Waals surface area contributed by atoms with Crippen molar-refractivity contribution in [3.8, 4) is 0 Å². The highest BCUT2D eigenvalue weighted by atomic mass is 19.1. The van der Waals surface area contributed by atoms with Crippen molar-refractivity contribution in [1.82, 2.24) is 0 Å². The lowest BCUT2D eigenvalue weighted by atomic mass is 10.0. The second-order valence-corrected chi connectivity index (χ2v) is 3.49. The Labute approximate surface area is 81.2 Å². The van der Waals surface area contributed by atoms with Gasteiger partial charge in [-0.05, 0) is 30.5 Å². The first-order chi connectivity index (χ1) is 6.68. The number of rotatable bonds is 1. The lowest BCUT2D eigenvalue weighted by molar-refractivity contribution is 0.576. The maximum atomic E-state index is 13.3. The summed E-state index contributed by atoms with van der Waals surface area (Å²) in [7, 11) is 0. The quantitative estimate of drug-likeness (QED) is 0.731. The smallest absolute Gasteiger partial charge is 0.133 e. The van der Waals surface area contributed by atoms with E-state index in [-0.39, 0.29) is 11.6 Å². The molecule has 0 spiro atoms. The summed E-state index contributed by atoms with van der Waals surface area (Å²) in [6.45, 7) is 0. The van der Waals surface area contributed by atoms with Gasteiger partial charge >= 0.3 is 0 Å². The molecule has 2 N–H and O–H groups in total. The molecule has 0 aliphatic heterocycles. The van der Waals surface area contributed by atoms with E-state index in [1.807, 2.05) is 0 Å². The molecule has 1 aliphatic rings. The second-order valence-electron chi connectivity index (χ2n) is 3.49. The maximum absolute atomic E-state index is 13.3. The number of halogens is 2. The number of benzene rings is 1. The van der Waals surface area contributed by atoms with Gasteiger partial charge in [-0.1, -0.05) is 12.1 Å². The lowest BCUT2D eigenvalue weighted by Crippen LogP contribution is -2.11. The maximum Gasteiger partial charge on any atom is 0.133 e. The van der Waals surface area contributed by atoms with Crippen LogP contribution in [-0.2, 0) is 0 Å². The Bertz CT molecular complexity index is 365. The minimum atomic E-state index is -0.509. The van der Waals surface area contributed by atoms with Gasteiger partial charge < -0.3 is 5.73 Å². The Morgan fingerprint density at radius 2 is 1.86 bits per heavy atom. The molecule has 1 aromatic carbocycles. The van der Waals surface area contributed by atoms with Crippen LogP contribution in [0.25, 0.3) is 5.57 Å². The molecule has 74 valence electrons. The zero-order valence-corrected chi connectivity index (χ0v) is 7.63. The van der Waals surface area contributed by atoms with Crippen LogP contribution in [0.4, 0.5) is 8.78 Å². The Morgan fingerprint density at radius 1 is 1.21 bits per heavy atom. The fourth-order valence-electron chi connectivity index (χ4n) is 1.76. The fourth-order valence-corrected chi connectivity index (χ4v) is 1.76. The number of hydrogen-bond acceptors (Lipinski definition) is 1. The molecule has 3 heteroatoms. The van der Waals surface area contributed by atoms with Crippen molar-refractivity contribution >= 4 is 5.57 Å². The van der Waals surface area contributed by atoms with Crippen LogP contribution in [0.5, 0.6) is 0 Å². The third kappa shape index (κ3) is 1.55. The summed E-state index contributed by atoms with van der Waals surface area (Å²) >= 11 is 0. The van der Waals surface area contributed by atoms with Crippen LogP contribution < -0.4 is 5.73 Å². The standard InChI is InChI=1S/C11H11F2N/c12-9-2-1-3-10(13)11(9)7-4-5-8(14)6-7/h1-3,6,8H,4-5,14H2.